The molecule has 24 heavy (non-hydrogen) atoms. The van der Waals surface area contributed by atoms with Crippen molar-refractivity contribution < 1.29 is 0 Å². The summed E-state index contributed by atoms with van der Waals surface area (Å²) in [5, 5.41) is 12.5. The smallest absolute Gasteiger partial charge is 0.0247 e. The maximum absolute atomic E-state index is 3.51. The monoisotopic (exact) mass is 319 g/mol. The summed E-state index contributed by atoms with van der Waals surface area (Å²) in [7, 11) is 0. The van der Waals surface area contributed by atoms with Gasteiger partial charge in [-0.1, -0.05) is 48.5 Å². The molecule has 0 spiro atoms. The Kier molecular flexibility index (Phi) is 4.74. The van der Waals surface area contributed by atoms with E-state index >= 15 is 0 Å². The van der Waals surface area contributed by atoms with E-state index in [1.165, 1.54) is 27.1 Å². The Morgan fingerprint density at radius 3 is 1.83 bits per heavy atom. The molecule has 1 fully saturated rings. The highest BCUT2D eigenvalue weighted by atomic mass is 15.2. The van der Waals surface area contributed by atoms with Gasteiger partial charge < -0.3 is 10.6 Å². The summed E-state index contributed by atoms with van der Waals surface area (Å²) in [5.41, 5.74) is 1.46. The molecule has 1 heterocycles. The molecule has 0 atom stereocenters. The largest absolute Gasteiger partial charge is 0.314 e. The van der Waals surface area contributed by atoms with Crippen LogP contribution in [0.4, 0.5) is 0 Å². The Labute approximate surface area is 143 Å². The van der Waals surface area contributed by atoms with Gasteiger partial charge in [0, 0.05) is 45.8 Å². The summed E-state index contributed by atoms with van der Waals surface area (Å²) in [4.78, 5) is 2.57. The van der Waals surface area contributed by atoms with E-state index in [4.69, 9.17) is 0 Å². The molecule has 124 valence electrons. The minimum absolute atomic E-state index is 1.01. The first kappa shape index (κ1) is 15.6. The van der Waals surface area contributed by atoms with E-state index < -0.39 is 0 Å². The lowest BCUT2D eigenvalue weighted by atomic mass is 9.96. The van der Waals surface area contributed by atoms with Gasteiger partial charge in [-0.2, -0.15) is 0 Å². The topological polar surface area (TPSA) is 27.3 Å². The number of rotatable bonds is 2. The van der Waals surface area contributed by atoms with Gasteiger partial charge in [0.15, 0.2) is 0 Å². The third kappa shape index (κ3) is 3.29. The standard InChI is InChI=1S/C21H25N3/c1-3-7-19-17(5-1)15-18-6-2-4-8-20(18)21(19)16-24-13-11-22-9-10-23-12-14-24/h1-8,15,22-23H,9-14,16H2. The molecule has 4 rings (SSSR count). The summed E-state index contributed by atoms with van der Waals surface area (Å²) >= 11 is 0. The molecule has 0 unspecified atom stereocenters. The van der Waals surface area contributed by atoms with Gasteiger partial charge in [-0.15, -0.1) is 0 Å². The Hall–Kier alpha value is -1.94. The van der Waals surface area contributed by atoms with Crippen molar-refractivity contribution in [1.29, 1.82) is 0 Å². The summed E-state index contributed by atoms with van der Waals surface area (Å²) < 4.78 is 0. The predicted molar refractivity (Wildman–Crippen MR) is 102 cm³/mol. The van der Waals surface area contributed by atoms with Crippen LogP contribution in [0.2, 0.25) is 0 Å². The minimum atomic E-state index is 1.01. The highest BCUT2D eigenvalue weighted by molar-refractivity contribution is 6.02. The fraction of sp³-hybridized carbons (Fsp3) is 0.333. The van der Waals surface area contributed by atoms with Crippen LogP contribution in [0.1, 0.15) is 5.56 Å². The van der Waals surface area contributed by atoms with Gasteiger partial charge >= 0.3 is 0 Å². The van der Waals surface area contributed by atoms with E-state index in [2.05, 4.69) is 70.1 Å². The van der Waals surface area contributed by atoms with Gasteiger partial charge in [0.25, 0.3) is 0 Å². The maximum atomic E-state index is 3.51. The molecule has 0 aromatic heterocycles. The third-order valence-corrected chi connectivity index (χ3v) is 4.95. The third-order valence-electron chi connectivity index (χ3n) is 4.95. The molecule has 3 aromatic rings. The van der Waals surface area contributed by atoms with Crippen LogP contribution >= 0.6 is 0 Å². The number of fused-ring (bicyclic) bond motifs is 2. The van der Waals surface area contributed by atoms with E-state index in [1.54, 1.807) is 0 Å². The van der Waals surface area contributed by atoms with Gasteiger partial charge in [-0.3, -0.25) is 4.90 Å². The molecule has 3 heteroatoms. The first-order valence-corrected chi connectivity index (χ1v) is 8.95. The van der Waals surface area contributed by atoms with Crippen LogP contribution in [0.3, 0.4) is 0 Å². The van der Waals surface area contributed by atoms with Gasteiger partial charge in [0.2, 0.25) is 0 Å². The maximum Gasteiger partial charge on any atom is 0.0247 e. The number of hydrogen-bond donors (Lipinski definition) is 2. The molecular formula is C21H25N3. The molecule has 3 aromatic carbocycles. The van der Waals surface area contributed by atoms with Gasteiger partial charge in [-0.25, -0.2) is 0 Å². The molecule has 2 N–H and O–H groups in total. The highest BCUT2D eigenvalue weighted by Gasteiger charge is 2.12. The van der Waals surface area contributed by atoms with Crippen molar-refractivity contribution in [3.63, 3.8) is 0 Å². The lowest BCUT2D eigenvalue weighted by Gasteiger charge is -2.23. The molecule has 1 aliphatic rings. The van der Waals surface area contributed by atoms with E-state index in [0.717, 1.165) is 45.8 Å². The Bertz CT molecular complexity index is 764. The first-order valence-electron chi connectivity index (χ1n) is 8.95. The second-order valence-corrected chi connectivity index (χ2v) is 6.57. The van der Waals surface area contributed by atoms with Crippen molar-refractivity contribution in [2.24, 2.45) is 0 Å². The zero-order valence-electron chi connectivity index (χ0n) is 14.1. The number of benzene rings is 3. The second-order valence-electron chi connectivity index (χ2n) is 6.57. The van der Waals surface area contributed by atoms with Crippen LogP contribution in [-0.2, 0) is 6.54 Å². The zero-order valence-corrected chi connectivity index (χ0v) is 14.1. The molecule has 0 saturated carbocycles. The molecular weight excluding hydrogens is 294 g/mol. The molecule has 1 aliphatic heterocycles. The number of nitrogens with one attached hydrogen (secondary N) is 2. The van der Waals surface area contributed by atoms with Crippen molar-refractivity contribution in [3.8, 4) is 0 Å². The minimum Gasteiger partial charge on any atom is -0.314 e. The van der Waals surface area contributed by atoms with Gasteiger partial charge in [0.05, 0.1) is 0 Å². The van der Waals surface area contributed by atoms with Crippen molar-refractivity contribution in [2.75, 3.05) is 39.3 Å². The SMILES string of the molecule is c1ccc2c(CN3CCNCCNCC3)c3ccccc3cc2c1. The molecule has 0 radical (unpaired) electrons. The van der Waals surface area contributed by atoms with Crippen molar-refractivity contribution in [1.82, 2.24) is 15.5 Å². The molecule has 3 nitrogen and oxygen atoms in total. The van der Waals surface area contributed by atoms with Crippen LogP contribution in [0.5, 0.6) is 0 Å². The lowest BCUT2D eigenvalue weighted by molar-refractivity contribution is 0.274. The van der Waals surface area contributed by atoms with E-state index in [9.17, 15) is 0 Å². The van der Waals surface area contributed by atoms with Crippen molar-refractivity contribution in [2.45, 2.75) is 6.54 Å². The normalized spacial score (nSPS) is 17.5. The van der Waals surface area contributed by atoms with Crippen molar-refractivity contribution in [3.05, 3.63) is 60.2 Å². The average molecular weight is 319 g/mol. The molecule has 1 saturated heterocycles. The zero-order chi connectivity index (χ0) is 16.2. The fourth-order valence-corrected chi connectivity index (χ4v) is 3.67. The summed E-state index contributed by atoms with van der Waals surface area (Å²) in [6.45, 7) is 7.44. The first-order chi connectivity index (χ1) is 11.9. The number of nitrogens with zero attached hydrogens (tertiary/aromatic N) is 1. The van der Waals surface area contributed by atoms with Crippen LogP contribution < -0.4 is 10.6 Å². The van der Waals surface area contributed by atoms with E-state index in [1.807, 2.05) is 0 Å². The van der Waals surface area contributed by atoms with Crippen LogP contribution in [0.15, 0.2) is 54.6 Å². The van der Waals surface area contributed by atoms with Crippen LogP contribution in [-0.4, -0.2) is 44.2 Å². The van der Waals surface area contributed by atoms with Gasteiger partial charge in [0.1, 0.15) is 0 Å². The molecule has 0 amide bonds. The van der Waals surface area contributed by atoms with Crippen LogP contribution in [0, 0.1) is 0 Å². The quantitative estimate of drug-likeness (QED) is 0.711. The molecule has 0 aliphatic carbocycles. The Morgan fingerprint density at radius 2 is 1.25 bits per heavy atom. The predicted octanol–water partition coefficient (Wildman–Crippen LogP) is 2.99. The van der Waals surface area contributed by atoms with Crippen LogP contribution in [0.25, 0.3) is 21.5 Å². The Morgan fingerprint density at radius 1 is 0.708 bits per heavy atom. The summed E-state index contributed by atoms with van der Waals surface area (Å²) in [6, 6.07) is 19.9. The Balaban J connectivity index is 1.75. The van der Waals surface area contributed by atoms with Crippen molar-refractivity contribution >= 4 is 21.5 Å². The van der Waals surface area contributed by atoms with E-state index in [-0.39, 0.29) is 0 Å². The summed E-state index contributed by atoms with van der Waals surface area (Å²) in [6.07, 6.45) is 0. The molecule has 0 bridgehead atoms. The average Bonchev–Trinajstić information content (AvgIpc) is 2.75. The highest BCUT2D eigenvalue weighted by Crippen LogP contribution is 2.29. The lowest BCUT2D eigenvalue weighted by Crippen LogP contribution is -2.33. The fourth-order valence-electron chi connectivity index (χ4n) is 3.67. The second kappa shape index (κ2) is 7.31. The van der Waals surface area contributed by atoms with E-state index in [0.29, 0.717) is 0 Å². The summed E-state index contributed by atoms with van der Waals surface area (Å²) in [5.74, 6) is 0. The number of hydrogen-bond acceptors (Lipinski definition) is 3. The van der Waals surface area contributed by atoms with Gasteiger partial charge in [-0.05, 0) is 33.2 Å².